The first-order valence-corrected chi connectivity index (χ1v) is 11.5. The molecule has 2 amide bonds. The molecule has 0 spiro atoms. The monoisotopic (exact) mass is 466 g/mol. The van der Waals surface area contributed by atoms with E-state index < -0.39 is 0 Å². The van der Waals surface area contributed by atoms with Crippen LogP contribution in [0.4, 0.5) is 10.1 Å². The summed E-state index contributed by atoms with van der Waals surface area (Å²) in [6, 6.07) is 13.0. The number of amides is 2. The highest BCUT2D eigenvalue weighted by Crippen LogP contribution is 2.37. The van der Waals surface area contributed by atoms with Gasteiger partial charge in [0.05, 0.1) is 11.1 Å². The SMILES string of the molecule is CN(C)C(=O)c1ccc(NC(=O)CSc2ncnc3scc(-c4ccc(F)cc4)c23)cc1. The van der Waals surface area contributed by atoms with Gasteiger partial charge in [0.25, 0.3) is 5.91 Å². The van der Waals surface area contributed by atoms with E-state index in [0.29, 0.717) is 16.3 Å². The van der Waals surface area contributed by atoms with Crippen LogP contribution in [0.15, 0.2) is 65.3 Å². The standard InChI is InChI=1S/C23H19FN4O2S2/c1-28(2)23(30)15-5-9-17(10-6-15)27-19(29)12-32-22-20-18(11-31-21(20)25-13-26-22)14-3-7-16(24)8-4-14/h3-11,13H,12H2,1-2H3,(H,27,29). The van der Waals surface area contributed by atoms with Gasteiger partial charge in [0.1, 0.15) is 22.0 Å². The highest BCUT2D eigenvalue weighted by atomic mass is 32.2. The molecular weight excluding hydrogens is 447 g/mol. The number of hydrogen-bond donors (Lipinski definition) is 1. The first-order chi connectivity index (χ1) is 15.4. The third kappa shape index (κ3) is 4.79. The molecule has 9 heteroatoms. The van der Waals surface area contributed by atoms with Crippen molar-refractivity contribution in [2.45, 2.75) is 5.03 Å². The molecule has 4 rings (SSSR count). The van der Waals surface area contributed by atoms with E-state index in [1.54, 1.807) is 50.5 Å². The molecule has 2 heterocycles. The molecule has 2 aromatic heterocycles. The van der Waals surface area contributed by atoms with Gasteiger partial charge < -0.3 is 10.2 Å². The number of thiophene rings is 1. The van der Waals surface area contributed by atoms with Gasteiger partial charge in [0.15, 0.2) is 0 Å². The fraction of sp³-hybridized carbons (Fsp3) is 0.130. The molecule has 0 aliphatic heterocycles. The molecule has 0 bridgehead atoms. The number of halogens is 1. The predicted molar refractivity (Wildman–Crippen MR) is 127 cm³/mol. The summed E-state index contributed by atoms with van der Waals surface area (Å²) in [6.07, 6.45) is 1.48. The molecule has 0 saturated heterocycles. The molecule has 162 valence electrons. The number of thioether (sulfide) groups is 1. The van der Waals surface area contributed by atoms with Gasteiger partial charge in [-0.05, 0) is 42.0 Å². The summed E-state index contributed by atoms with van der Waals surface area (Å²) in [5.41, 5.74) is 2.94. The highest BCUT2D eigenvalue weighted by molar-refractivity contribution is 8.00. The van der Waals surface area contributed by atoms with Crippen molar-refractivity contribution in [2.75, 3.05) is 25.2 Å². The minimum atomic E-state index is -0.296. The van der Waals surface area contributed by atoms with Crippen LogP contribution in [0.1, 0.15) is 10.4 Å². The van der Waals surface area contributed by atoms with Crippen molar-refractivity contribution in [3.8, 4) is 11.1 Å². The van der Waals surface area contributed by atoms with Crippen LogP contribution in [0.2, 0.25) is 0 Å². The Bertz CT molecular complexity index is 1270. The molecule has 0 saturated carbocycles. The van der Waals surface area contributed by atoms with E-state index in [1.165, 1.54) is 46.5 Å². The van der Waals surface area contributed by atoms with E-state index in [0.717, 1.165) is 21.3 Å². The normalized spacial score (nSPS) is 10.8. The Balaban J connectivity index is 1.47. The molecule has 32 heavy (non-hydrogen) atoms. The maximum absolute atomic E-state index is 13.3. The summed E-state index contributed by atoms with van der Waals surface area (Å²) in [6.45, 7) is 0. The van der Waals surface area contributed by atoms with Gasteiger partial charge >= 0.3 is 0 Å². The van der Waals surface area contributed by atoms with Crippen molar-refractivity contribution in [2.24, 2.45) is 0 Å². The lowest BCUT2D eigenvalue weighted by Crippen LogP contribution is -2.21. The fourth-order valence-corrected chi connectivity index (χ4v) is 4.88. The molecule has 1 N–H and O–H groups in total. The van der Waals surface area contributed by atoms with Crippen molar-refractivity contribution in [1.29, 1.82) is 0 Å². The smallest absolute Gasteiger partial charge is 0.253 e. The highest BCUT2D eigenvalue weighted by Gasteiger charge is 2.15. The number of rotatable bonds is 6. The molecule has 0 radical (unpaired) electrons. The quantitative estimate of drug-likeness (QED) is 0.322. The van der Waals surface area contributed by atoms with Crippen LogP contribution in [0.25, 0.3) is 21.3 Å². The molecule has 4 aromatic rings. The van der Waals surface area contributed by atoms with Gasteiger partial charge in [-0.25, -0.2) is 14.4 Å². The van der Waals surface area contributed by atoms with E-state index in [2.05, 4.69) is 15.3 Å². The number of anilines is 1. The molecule has 0 aliphatic rings. The van der Waals surface area contributed by atoms with Crippen molar-refractivity contribution < 1.29 is 14.0 Å². The predicted octanol–water partition coefficient (Wildman–Crippen LogP) is 4.93. The second-order valence-electron chi connectivity index (χ2n) is 7.13. The zero-order valence-electron chi connectivity index (χ0n) is 17.3. The number of carbonyl (C=O) groups is 2. The topological polar surface area (TPSA) is 75.2 Å². The molecule has 6 nitrogen and oxygen atoms in total. The van der Waals surface area contributed by atoms with Gasteiger partial charge in [0.2, 0.25) is 5.91 Å². The van der Waals surface area contributed by atoms with E-state index in [1.807, 2.05) is 5.38 Å². The summed E-state index contributed by atoms with van der Waals surface area (Å²) >= 11 is 2.79. The Labute approximate surface area is 192 Å². The Hall–Kier alpha value is -3.30. The Morgan fingerprint density at radius 1 is 1.06 bits per heavy atom. The van der Waals surface area contributed by atoms with E-state index >= 15 is 0 Å². The van der Waals surface area contributed by atoms with E-state index in [-0.39, 0.29) is 23.4 Å². The molecule has 0 aliphatic carbocycles. The zero-order valence-corrected chi connectivity index (χ0v) is 19.0. The van der Waals surface area contributed by atoms with Crippen molar-refractivity contribution in [1.82, 2.24) is 14.9 Å². The number of carbonyl (C=O) groups excluding carboxylic acids is 2. The minimum Gasteiger partial charge on any atom is -0.345 e. The lowest BCUT2D eigenvalue weighted by molar-refractivity contribution is -0.113. The molecule has 2 aromatic carbocycles. The fourth-order valence-electron chi connectivity index (χ4n) is 3.08. The summed E-state index contributed by atoms with van der Waals surface area (Å²) in [7, 11) is 3.38. The molecule has 0 atom stereocenters. The third-order valence-electron chi connectivity index (χ3n) is 4.65. The average Bonchev–Trinajstić information content (AvgIpc) is 3.23. The molecule has 0 fully saturated rings. The largest absolute Gasteiger partial charge is 0.345 e. The van der Waals surface area contributed by atoms with Gasteiger partial charge in [-0.15, -0.1) is 11.3 Å². The number of aromatic nitrogens is 2. The van der Waals surface area contributed by atoms with Gasteiger partial charge in [-0.1, -0.05) is 23.9 Å². The van der Waals surface area contributed by atoms with Crippen LogP contribution in [-0.4, -0.2) is 46.5 Å². The number of fused-ring (bicyclic) bond motifs is 1. The maximum Gasteiger partial charge on any atom is 0.253 e. The van der Waals surface area contributed by atoms with Gasteiger partial charge in [0, 0.05) is 36.3 Å². The lowest BCUT2D eigenvalue weighted by atomic mass is 10.1. The number of nitrogens with zero attached hydrogens (tertiary/aromatic N) is 3. The van der Waals surface area contributed by atoms with Crippen LogP contribution >= 0.6 is 23.1 Å². The summed E-state index contributed by atoms with van der Waals surface area (Å²) in [4.78, 5) is 35.5. The Morgan fingerprint density at radius 3 is 2.47 bits per heavy atom. The minimum absolute atomic E-state index is 0.0982. The van der Waals surface area contributed by atoms with Crippen molar-refractivity contribution >= 4 is 50.8 Å². The van der Waals surface area contributed by atoms with E-state index in [9.17, 15) is 14.0 Å². The van der Waals surface area contributed by atoms with Crippen LogP contribution in [0, 0.1) is 5.82 Å². The van der Waals surface area contributed by atoms with Crippen molar-refractivity contribution in [3.63, 3.8) is 0 Å². The number of benzene rings is 2. The maximum atomic E-state index is 13.3. The summed E-state index contributed by atoms with van der Waals surface area (Å²) < 4.78 is 13.3. The Kier molecular flexibility index (Phi) is 6.48. The van der Waals surface area contributed by atoms with Crippen molar-refractivity contribution in [3.05, 3.63) is 71.6 Å². The van der Waals surface area contributed by atoms with E-state index in [4.69, 9.17) is 0 Å². The lowest BCUT2D eigenvalue weighted by Gasteiger charge is -2.11. The van der Waals surface area contributed by atoms with Gasteiger partial charge in [-0.2, -0.15) is 0 Å². The first kappa shape index (κ1) is 21.9. The number of hydrogen-bond acceptors (Lipinski definition) is 6. The number of nitrogens with one attached hydrogen (secondary N) is 1. The van der Waals surface area contributed by atoms with Crippen LogP contribution < -0.4 is 5.32 Å². The Morgan fingerprint density at radius 2 is 1.78 bits per heavy atom. The van der Waals surface area contributed by atoms with Crippen LogP contribution in [-0.2, 0) is 4.79 Å². The van der Waals surface area contributed by atoms with Crippen LogP contribution in [0.5, 0.6) is 0 Å². The first-order valence-electron chi connectivity index (χ1n) is 9.65. The average molecular weight is 467 g/mol. The third-order valence-corrected chi connectivity index (χ3v) is 6.53. The molecule has 0 unspecified atom stereocenters. The van der Waals surface area contributed by atoms with Gasteiger partial charge in [-0.3, -0.25) is 9.59 Å². The summed E-state index contributed by atoms with van der Waals surface area (Å²) in [5, 5.41) is 6.35. The second-order valence-corrected chi connectivity index (χ2v) is 8.95. The van der Waals surface area contributed by atoms with Crippen LogP contribution in [0.3, 0.4) is 0 Å². The zero-order chi connectivity index (χ0) is 22.7. The molecular formula is C23H19FN4O2S2. The second kappa shape index (κ2) is 9.46. The summed E-state index contributed by atoms with van der Waals surface area (Å²) in [5.74, 6) is -0.427.